The van der Waals surface area contributed by atoms with Gasteiger partial charge in [0.2, 0.25) is 5.91 Å². The summed E-state index contributed by atoms with van der Waals surface area (Å²) in [6.45, 7) is 3.37. The van der Waals surface area contributed by atoms with Crippen LogP contribution in [0.1, 0.15) is 61.3 Å². The number of fused-ring (bicyclic) bond motifs is 1. The van der Waals surface area contributed by atoms with Crippen LogP contribution in [-0.2, 0) is 11.3 Å². The standard InChI is InChI=1S/C24H32N6O2/c1-17-14-28-30-22(27-16-19-4-2-9-25-15-19)13-21(29-24(17)30)20-7-5-18(6-8-20)12-23(32)26-10-3-11-31/h2,4,9,13-15,18,20,27,31H,3,5-8,10-12,16H2,1H3,(H,26,32). The molecule has 4 rings (SSSR count). The van der Waals surface area contributed by atoms with E-state index in [0.29, 0.717) is 37.8 Å². The number of aliphatic hydroxyl groups excluding tert-OH is 1. The lowest BCUT2D eigenvalue weighted by Gasteiger charge is -2.28. The summed E-state index contributed by atoms with van der Waals surface area (Å²) < 4.78 is 1.87. The largest absolute Gasteiger partial charge is 0.396 e. The molecule has 8 nitrogen and oxygen atoms in total. The predicted molar refractivity (Wildman–Crippen MR) is 123 cm³/mol. The van der Waals surface area contributed by atoms with Crippen molar-refractivity contribution in [3.8, 4) is 0 Å². The number of hydrogen-bond acceptors (Lipinski definition) is 6. The van der Waals surface area contributed by atoms with Gasteiger partial charge in [-0.15, -0.1) is 0 Å². The lowest BCUT2D eigenvalue weighted by atomic mass is 9.79. The molecular weight excluding hydrogens is 404 g/mol. The lowest BCUT2D eigenvalue weighted by Crippen LogP contribution is -2.28. The molecular formula is C24H32N6O2. The van der Waals surface area contributed by atoms with Crippen LogP contribution in [0.3, 0.4) is 0 Å². The summed E-state index contributed by atoms with van der Waals surface area (Å²) in [5, 5.41) is 19.8. The van der Waals surface area contributed by atoms with Crippen LogP contribution in [0, 0.1) is 12.8 Å². The number of aryl methyl sites for hydroxylation is 1. The van der Waals surface area contributed by atoms with Crippen LogP contribution >= 0.6 is 0 Å². The van der Waals surface area contributed by atoms with Crippen molar-refractivity contribution in [3.63, 3.8) is 0 Å². The van der Waals surface area contributed by atoms with Crippen molar-refractivity contribution in [2.75, 3.05) is 18.5 Å². The van der Waals surface area contributed by atoms with Crippen molar-refractivity contribution in [1.82, 2.24) is 24.9 Å². The van der Waals surface area contributed by atoms with Gasteiger partial charge in [-0.3, -0.25) is 9.78 Å². The zero-order valence-corrected chi connectivity index (χ0v) is 18.6. The quantitative estimate of drug-likeness (QED) is 0.445. The third-order valence-electron chi connectivity index (χ3n) is 6.26. The Morgan fingerprint density at radius 1 is 1.25 bits per heavy atom. The molecule has 3 aromatic heterocycles. The molecule has 0 spiro atoms. The number of nitrogens with zero attached hydrogens (tertiary/aromatic N) is 4. The highest BCUT2D eigenvalue weighted by Gasteiger charge is 2.26. The fraction of sp³-hybridized carbons (Fsp3) is 0.500. The summed E-state index contributed by atoms with van der Waals surface area (Å²) in [5.74, 6) is 1.84. The van der Waals surface area contributed by atoms with Gasteiger partial charge >= 0.3 is 0 Å². The van der Waals surface area contributed by atoms with E-state index in [4.69, 9.17) is 10.1 Å². The van der Waals surface area contributed by atoms with Crippen molar-refractivity contribution >= 4 is 17.4 Å². The maximum atomic E-state index is 12.1. The molecule has 0 unspecified atom stereocenters. The average molecular weight is 437 g/mol. The second-order valence-corrected chi connectivity index (χ2v) is 8.69. The average Bonchev–Trinajstić information content (AvgIpc) is 3.19. The minimum absolute atomic E-state index is 0.0956. The number of nitrogens with one attached hydrogen (secondary N) is 2. The van der Waals surface area contributed by atoms with Crippen molar-refractivity contribution < 1.29 is 9.90 Å². The Morgan fingerprint density at radius 2 is 2.09 bits per heavy atom. The number of amides is 1. The zero-order chi connectivity index (χ0) is 22.3. The Morgan fingerprint density at radius 3 is 2.84 bits per heavy atom. The van der Waals surface area contributed by atoms with Crippen LogP contribution in [0.5, 0.6) is 0 Å². The molecule has 1 amide bonds. The Balaban J connectivity index is 1.42. The number of aliphatic hydroxyl groups is 1. The Bertz CT molecular complexity index is 1030. The minimum atomic E-state index is 0.0956. The highest BCUT2D eigenvalue weighted by atomic mass is 16.3. The molecule has 3 N–H and O–H groups in total. The van der Waals surface area contributed by atoms with E-state index in [-0.39, 0.29) is 12.5 Å². The number of rotatable bonds is 9. The lowest BCUT2D eigenvalue weighted by molar-refractivity contribution is -0.122. The Labute approximate surface area is 188 Å². The number of hydrogen-bond donors (Lipinski definition) is 3. The normalized spacial score (nSPS) is 18.6. The van der Waals surface area contributed by atoms with Crippen LogP contribution < -0.4 is 10.6 Å². The number of pyridine rings is 1. The van der Waals surface area contributed by atoms with E-state index in [0.717, 1.165) is 54.0 Å². The third kappa shape index (κ3) is 5.43. The maximum absolute atomic E-state index is 12.1. The van der Waals surface area contributed by atoms with Crippen LogP contribution in [0.2, 0.25) is 0 Å². The molecule has 1 aliphatic rings. The SMILES string of the molecule is Cc1cnn2c(NCc3cccnc3)cc(C3CCC(CC(=O)NCCCO)CC3)nc12. The van der Waals surface area contributed by atoms with Gasteiger partial charge in [0.1, 0.15) is 5.82 Å². The summed E-state index contributed by atoms with van der Waals surface area (Å²) in [4.78, 5) is 21.2. The van der Waals surface area contributed by atoms with E-state index in [9.17, 15) is 4.79 Å². The van der Waals surface area contributed by atoms with Gasteiger partial charge in [0.05, 0.1) is 6.20 Å². The van der Waals surface area contributed by atoms with E-state index in [2.05, 4.69) is 32.8 Å². The highest BCUT2D eigenvalue weighted by Crippen LogP contribution is 2.37. The van der Waals surface area contributed by atoms with Gasteiger partial charge in [0, 0.05) is 61.8 Å². The zero-order valence-electron chi connectivity index (χ0n) is 18.6. The first kappa shape index (κ1) is 22.2. The molecule has 32 heavy (non-hydrogen) atoms. The molecule has 0 radical (unpaired) electrons. The second kappa shape index (κ2) is 10.5. The van der Waals surface area contributed by atoms with Gasteiger partial charge in [-0.2, -0.15) is 9.61 Å². The minimum Gasteiger partial charge on any atom is -0.396 e. The monoisotopic (exact) mass is 436 g/mol. The first-order valence-corrected chi connectivity index (χ1v) is 11.5. The van der Waals surface area contributed by atoms with Crippen molar-refractivity contribution in [1.29, 1.82) is 0 Å². The van der Waals surface area contributed by atoms with Gasteiger partial charge in [0.25, 0.3) is 0 Å². The van der Waals surface area contributed by atoms with Gasteiger partial charge in [0.15, 0.2) is 5.65 Å². The number of aromatic nitrogens is 4. The van der Waals surface area contributed by atoms with Gasteiger partial charge in [-0.25, -0.2) is 4.98 Å². The molecule has 3 aromatic rings. The molecule has 3 heterocycles. The molecule has 0 saturated heterocycles. The second-order valence-electron chi connectivity index (χ2n) is 8.69. The summed E-state index contributed by atoms with van der Waals surface area (Å²) >= 11 is 0. The van der Waals surface area contributed by atoms with E-state index in [1.165, 1.54) is 0 Å². The van der Waals surface area contributed by atoms with Gasteiger partial charge in [-0.1, -0.05) is 6.07 Å². The molecule has 1 fully saturated rings. The highest BCUT2D eigenvalue weighted by molar-refractivity contribution is 5.76. The number of anilines is 1. The van der Waals surface area contributed by atoms with E-state index in [1.54, 1.807) is 6.20 Å². The van der Waals surface area contributed by atoms with Crippen LogP contribution in [0.25, 0.3) is 5.65 Å². The molecule has 0 atom stereocenters. The van der Waals surface area contributed by atoms with Gasteiger partial charge in [-0.05, 0) is 56.6 Å². The summed E-state index contributed by atoms with van der Waals surface area (Å²) in [7, 11) is 0. The molecule has 0 aliphatic heterocycles. The van der Waals surface area contributed by atoms with E-state index in [1.807, 2.05) is 29.9 Å². The Kier molecular flexibility index (Phi) is 7.32. The topological polar surface area (TPSA) is 104 Å². The van der Waals surface area contributed by atoms with Gasteiger partial charge < -0.3 is 15.7 Å². The number of carbonyl (C=O) groups excluding carboxylic acids is 1. The summed E-state index contributed by atoms with van der Waals surface area (Å²) in [6.07, 6.45) is 10.8. The van der Waals surface area contributed by atoms with Crippen molar-refractivity contribution in [2.45, 2.75) is 57.9 Å². The van der Waals surface area contributed by atoms with Crippen molar-refractivity contribution in [3.05, 3.63) is 53.6 Å². The molecule has 1 aliphatic carbocycles. The first-order valence-electron chi connectivity index (χ1n) is 11.5. The van der Waals surface area contributed by atoms with E-state index >= 15 is 0 Å². The molecule has 0 bridgehead atoms. The van der Waals surface area contributed by atoms with E-state index < -0.39 is 0 Å². The first-order chi connectivity index (χ1) is 15.6. The smallest absolute Gasteiger partial charge is 0.220 e. The number of carbonyl (C=O) groups is 1. The summed E-state index contributed by atoms with van der Waals surface area (Å²) in [6, 6.07) is 6.12. The predicted octanol–water partition coefficient (Wildman–Crippen LogP) is 3.21. The fourth-order valence-corrected chi connectivity index (χ4v) is 4.43. The third-order valence-corrected chi connectivity index (χ3v) is 6.26. The van der Waals surface area contributed by atoms with Crippen LogP contribution in [0.4, 0.5) is 5.82 Å². The van der Waals surface area contributed by atoms with Crippen LogP contribution in [-0.4, -0.2) is 43.7 Å². The molecule has 8 heteroatoms. The Hall–Kier alpha value is -3.00. The molecule has 1 saturated carbocycles. The molecule has 0 aromatic carbocycles. The maximum Gasteiger partial charge on any atom is 0.220 e. The fourth-order valence-electron chi connectivity index (χ4n) is 4.43. The molecule has 170 valence electrons. The summed E-state index contributed by atoms with van der Waals surface area (Å²) in [5.41, 5.74) is 4.16. The van der Waals surface area contributed by atoms with Crippen LogP contribution in [0.15, 0.2) is 36.8 Å². The van der Waals surface area contributed by atoms with Crippen molar-refractivity contribution in [2.24, 2.45) is 5.92 Å².